The molecule has 3 heterocycles. The van der Waals surface area contributed by atoms with Gasteiger partial charge in [-0.3, -0.25) is 42.7 Å². The number of imide groups is 1. The summed E-state index contributed by atoms with van der Waals surface area (Å²) in [6.07, 6.45) is 2.87. The van der Waals surface area contributed by atoms with E-state index in [-0.39, 0.29) is 112 Å². The molecule has 2 unspecified atom stereocenters. The third-order valence-corrected chi connectivity index (χ3v) is 16.2. The summed E-state index contributed by atoms with van der Waals surface area (Å²) in [6.45, 7) is 8.06. The summed E-state index contributed by atoms with van der Waals surface area (Å²) in [6, 6.07) is 25.1. The number of rotatable bonds is 37. The normalized spacial score (nSPS) is 15.4. The Morgan fingerprint density at radius 2 is 1.38 bits per heavy atom. The molecule has 9 N–H and O–H groups in total. The number of ether oxygens (including phenoxy) is 5. The van der Waals surface area contributed by atoms with Gasteiger partial charge in [-0.05, 0) is 54.5 Å². The van der Waals surface area contributed by atoms with E-state index in [1.54, 1.807) is 34.2 Å². The number of phosphoric ester groups is 1. The van der Waals surface area contributed by atoms with Gasteiger partial charge in [0.25, 0.3) is 5.91 Å². The number of hydrogen-bond acceptors (Lipinski definition) is 21. The van der Waals surface area contributed by atoms with Crippen LogP contribution in [0.4, 0.5) is 5.69 Å². The minimum Gasteiger partial charge on any atom is -0.504 e. The van der Waals surface area contributed by atoms with Crippen LogP contribution in [0.2, 0.25) is 0 Å². The Bertz CT molecular complexity index is 3280. The molecule has 2 aliphatic heterocycles. The number of fused-ring (bicyclic) bond motifs is 3. The zero-order valence-corrected chi connectivity index (χ0v) is 52.2. The topological polar surface area (TPSA) is 344 Å². The predicted molar refractivity (Wildman–Crippen MR) is 336 cm³/mol. The van der Waals surface area contributed by atoms with Gasteiger partial charge in [0.05, 0.1) is 113 Å². The second-order valence-electron chi connectivity index (χ2n) is 20.0. The zero-order valence-electron chi connectivity index (χ0n) is 50.5. The van der Waals surface area contributed by atoms with Gasteiger partial charge in [-0.1, -0.05) is 81.3 Å². The van der Waals surface area contributed by atoms with Crippen molar-refractivity contribution in [3.05, 3.63) is 123 Å². The minimum atomic E-state index is -3.99. The van der Waals surface area contributed by atoms with Crippen LogP contribution in [0.5, 0.6) is 11.5 Å². The largest absolute Gasteiger partial charge is 0.504 e. The molecule has 27 heteroatoms. The number of hydrazine groups is 1. The van der Waals surface area contributed by atoms with Crippen LogP contribution in [0.25, 0.3) is 33.7 Å². The van der Waals surface area contributed by atoms with E-state index in [2.05, 4.69) is 15.2 Å². The van der Waals surface area contributed by atoms with Crippen molar-refractivity contribution in [3.63, 3.8) is 0 Å². The molecule has 1 saturated heterocycles. The lowest BCUT2D eigenvalue weighted by molar-refractivity contribution is -0.138. The van der Waals surface area contributed by atoms with Crippen LogP contribution in [-0.4, -0.2) is 172 Å². The number of hydrogen-bond donors (Lipinski definition) is 7. The lowest BCUT2D eigenvalue weighted by Crippen LogP contribution is -2.39. The third kappa shape index (κ3) is 21.5. The molecule has 7 rings (SSSR count). The van der Waals surface area contributed by atoms with Crippen LogP contribution in [0, 0.1) is 0 Å². The van der Waals surface area contributed by atoms with Crippen LogP contribution >= 0.6 is 19.6 Å². The van der Waals surface area contributed by atoms with Gasteiger partial charge in [-0.15, -0.1) is 11.8 Å². The molecule has 25 nitrogen and oxygen atoms in total. The summed E-state index contributed by atoms with van der Waals surface area (Å²) in [5.41, 5.74) is 10.9. The lowest BCUT2D eigenvalue weighted by atomic mass is 9.95. The molecular formula is C62H82N7O18PS. The highest BCUT2D eigenvalue weighted by atomic mass is 32.2. The van der Waals surface area contributed by atoms with E-state index in [9.17, 15) is 48.4 Å². The number of amides is 5. The van der Waals surface area contributed by atoms with Gasteiger partial charge < -0.3 is 69.5 Å². The molecule has 4 aromatic carbocycles. The van der Waals surface area contributed by atoms with Gasteiger partial charge in [0.1, 0.15) is 5.76 Å². The number of phosphoric acid groups is 1. The minimum absolute atomic E-state index is 0.0247. The smallest absolute Gasteiger partial charge is 0.471 e. The average Bonchev–Trinajstić information content (AvgIpc) is 3.74. The fourth-order valence-electron chi connectivity index (χ4n) is 9.38. The number of benzene rings is 4. The first kappa shape index (κ1) is 70.9. The van der Waals surface area contributed by atoms with Crippen molar-refractivity contribution in [2.24, 2.45) is 11.6 Å². The van der Waals surface area contributed by atoms with Crippen LogP contribution < -0.4 is 32.5 Å². The zero-order chi connectivity index (χ0) is 64.1. The summed E-state index contributed by atoms with van der Waals surface area (Å²) >= 11 is 1.40. The number of para-hydroxylation sites is 1. The molecule has 5 aromatic rings. The van der Waals surface area contributed by atoms with E-state index < -0.39 is 35.9 Å². The first-order valence-corrected chi connectivity index (χ1v) is 32.1. The highest BCUT2D eigenvalue weighted by molar-refractivity contribution is 8.00. The number of thioether (sulfide) groups is 1. The first-order chi connectivity index (χ1) is 43.1. The van der Waals surface area contributed by atoms with Gasteiger partial charge in [0.15, 0.2) is 16.8 Å². The van der Waals surface area contributed by atoms with E-state index in [0.717, 1.165) is 42.4 Å². The van der Waals surface area contributed by atoms with Crippen molar-refractivity contribution in [3.8, 4) is 22.8 Å². The molecular weight excluding hydrogens is 1190 g/mol. The number of phenols is 2. The molecule has 484 valence electrons. The number of nitrogens with zero attached hydrogens (tertiary/aromatic N) is 3. The van der Waals surface area contributed by atoms with Crippen molar-refractivity contribution in [2.75, 3.05) is 117 Å². The molecule has 2 aliphatic rings. The fraction of sp³-hybridized carbons (Fsp3) is 0.452. The van der Waals surface area contributed by atoms with Crippen molar-refractivity contribution in [2.45, 2.75) is 70.6 Å². The number of nitrogens with two attached hydrogens (primary N) is 2. The van der Waals surface area contributed by atoms with Crippen LogP contribution in [0.1, 0.15) is 85.8 Å². The second kappa shape index (κ2) is 37.1. The van der Waals surface area contributed by atoms with Crippen molar-refractivity contribution >= 4 is 77.2 Å². The number of unbranched alkanes of at least 4 members (excludes halogenated alkanes) is 3. The first-order valence-electron chi connectivity index (χ1n) is 29.6. The molecule has 0 spiro atoms. The number of carbonyl (C=O) groups excluding carboxylic acids is 5. The summed E-state index contributed by atoms with van der Waals surface area (Å²) < 4.78 is 54.5. The summed E-state index contributed by atoms with van der Waals surface area (Å²) in [7, 11) is -2.88. The number of likely N-dealkylation sites (tertiary alicyclic amines) is 1. The molecule has 0 aliphatic carbocycles. The Morgan fingerprint density at radius 3 is 2.07 bits per heavy atom. The number of nitrogens with one attached hydrogen (secondary N) is 2. The van der Waals surface area contributed by atoms with Crippen LogP contribution in [-0.2, 0) is 63.0 Å². The number of carbonyl (C=O) groups is 5. The van der Waals surface area contributed by atoms with Gasteiger partial charge in [0, 0.05) is 74.3 Å². The standard InChI is InChI=1S/C60H76N7O18PS.C2H6/c1-78-86(76,77)84-26-8-2-3-9-37-87-51-39-54(72)65(60(51)75)24-21-52(70)63-22-20-53(71)66-40-43-10-4-5-11-44(43)56(55(61)45-12-6-7-13-47(45)66)67(62)25-28-80-30-32-82-34-36-83-35-33-81-31-29-79-27-23-64-59(74)42-16-14-41(15-17-42)50-38-49(69)46-18-19-48(68)57(73)58(46)85-50;1-2/h4-7,10-19,38,51,68,73H,2-3,8-9,20-37,39-40,61-62H2,1H3,(H,63,70)(H,64,74)(H,76,77);1-2H3/b56-55-;. The maximum Gasteiger partial charge on any atom is 0.471 e. The Kier molecular flexibility index (Phi) is 29.5. The monoisotopic (exact) mass is 1280 g/mol. The molecule has 1 aromatic heterocycles. The second-order valence-corrected chi connectivity index (χ2v) is 22.9. The molecule has 0 bridgehead atoms. The summed E-state index contributed by atoms with van der Waals surface area (Å²) in [4.78, 5) is 90.0. The van der Waals surface area contributed by atoms with E-state index in [1.807, 2.05) is 62.4 Å². The highest BCUT2D eigenvalue weighted by Crippen LogP contribution is 2.42. The van der Waals surface area contributed by atoms with E-state index in [1.165, 1.54) is 30.0 Å². The van der Waals surface area contributed by atoms with E-state index >= 15 is 0 Å². The van der Waals surface area contributed by atoms with Gasteiger partial charge >= 0.3 is 7.82 Å². The average molecular weight is 1280 g/mol. The van der Waals surface area contributed by atoms with E-state index in [0.29, 0.717) is 98.8 Å². The SMILES string of the molecule is CC.COP(=O)(O)OCCCCCCSC1CC(=O)N(CCC(=O)NCCC(=O)N2Cc3ccccc3/C(N(N)CCOCCOCCOCCOCCOCCNC(=O)c3ccc(-c4cc(=O)c5ccc(O)c(O)c5o4)cc3)=C(/N)c3ccccc32)C1=O. The van der Waals surface area contributed by atoms with Crippen molar-refractivity contribution < 1.29 is 80.8 Å². The molecule has 0 saturated carbocycles. The summed E-state index contributed by atoms with van der Waals surface area (Å²) in [5, 5.41) is 26.7. The van der Waals surface area contributed by atoms with Crippen LogP contribution in [0.3, 0.4) is 0 Å². The molecule has 0 radical (unpaired) electrons. The van der Waals surface area contributed by atoms with Gasteiger partial charge in [-0.25, -0.2) is 10.4 Å². The predicted octanol–water partition coefficient (Wildman–Crippen LogP) is 6.30. The number of aromatic hydroxyl groups is 2. The van der Waals surface area contributed by atoms with E-state index in [4.69, 9.17) is 44.2 Å². The Hall–Kier alpha value is -7.20. The Labute approximate surface area is 521 Å². The maximum atomic E-state index is 14.0. The molecule has 1 fully saturated rings. The van der Waals surface area contributed by atoms with Gasteiger partial charge in [0.2, 0.25) is 29.4 Å². The Balaban J connectivity index is 0.00000625. The fourth-order valence-corrected chi connectivity index (χ4v) is 11.0. The molecule has 2 atom stereocenters. The number of anilines is 1. The quantitative estimate of drug-likeness (QED) is 0.00573. The van der Waals surface area contributed by atoms with Gasteiger partial charge in [-0.2, -0.15) is 0 Å². The van der Waals surface area contributed by atoms with Crippen LogP contribution in [0.15, 0.2) is 100 Å². The lowest BCUT2D eigenvalue weighted by Gasteiger charge is -2.33. The summed E-state index contributed by atoms with van der Waals surface area (Å²) in [5.74, 6) is 4.99. The molecule has 89 heavy (non-hydrogen) atoms. The number of phenolic OH excluding ortho intramolecular Hbond substituents is 2. The van der Waals surface area contributed by atoms with Crippen molar-refractivity contribution in [1.29, 1.82) is 0 Å². The highest BCUT2D eigenvalue weighted by Gasteiger charge is 2.38. The molecule has 5 amide bonds. The Morgan fingerprint density at radius 1 is 0.753 bits per heavy atom. The van der Waals surface area contributed by atoms with Crippen molar-refractivity contribution in [1.82, 2.24) is 20.5 Å². The maximum absolute atomic E-state index is 14.0. The third-order valence-electron chi connectivity index (χ3n) is 14.0.